The van der Waals surface area contributed by atoms with Crippen LogP contribution in [0.3, 0.4) is 0 Å². The third-order valence-electron chi connectivity index (χ3n) is 4.05. The zero-order valence-electron chi connectivity index (χ0n) is 10.5. The maximum atomic E-state index is 5.86. The Morgan fingerprint density at radius 1 is 0.812 bits per heavy atom. The third kappa shape index (κ3) is 4.42. The highest BCUT2D eigenvalue weighted by atomic mass is 16.5. The van der Waals surface area contributed by atoms with Gasteiger partial charge in [-0.2, -0.15) is 0 Å². The van der Waals surface area contributed by atoms with Crippen molar-refractivity contribution in [3.8, 4) is 0 Å². The molecule has 0 atom stereocenters. The van der Waals surface area contributed by atoms with Crippen LogP contribution in [-0.2, 0) is 4.74 Å². The lowest BCUT2D eigenvalue weighted by Gasteiger charge is -2.17. The molecule has 2 nitrogen and oxygen atoms in total. The summed E-state index contributed by atoms with van der Waals surface area (Å²) in [6.45, 7) is 1.97. The number of rotatable bonds is 5. The quantitative estimate of drug-likeness (QED) is 0.573. The first-order chi connectivity index (χ1) is 7.95. The first-order valence-electron chi connectivity index (χ1n) is 7.30. The van der Waals surface area contributed by atoms with E-state index in [1.165, 1.54) is 64.2 Å². The molecule has 0 radical (unpaired) electrons. The van der Waals surface area contributed by atoms with Gasteiger partial charge in [-0.25, -0.2) is 0 Å². The predicted molar refractivity (Wildman–Crippen MR) is 67.7 cm³/mol. The standard InChI is InChI=1S/C14H27NO/c1-2-4-8-13(7-3-1)15-11-12-16-14-9-5-6-10-14/h13-15H,1-12H2. The Bertz CT molecular complexity index is 170. The summed E-state index contributed by atoms with van der Waals surface area (Å²) in [5, 5.41) is 3.66. The second-order valence-electron chi connectivity index (χ2n) is 5.42. The van der Waals surface area contributed by atoms with Crippen LogP contribution in [0.1, 0.15) is 64.2 Å². The highest BCUT2D eigenvalue weighted by Gasteiger charge is 2.15. The van der Waals surface area contributed by atoms with Crippen LogP contribution in [0.25, 0.3) is 0 Å². The summed E-state index contributed by atoms with van der Waals surface area (Å²) < 4.78 is 5.86. The van der Waals surface area contributed by atoms with Crippen molar-refractivity contribution in [3.63, 3.8) is 0 Å². The highest BCUT2D eigenvalue weighted by Crippen LogP contribution is 2.20. The molecule has 0 aliphatic heterocycles. The van der Waals surface area contributed by atoms with Gasteiger partial charge in [0, 0.05) is 12.6 Å². The van der Waals surface area contributed by atoms with Crippen LogP contribution in [0.15, 0.2) is 0 Å². The predicted octanol–water partition coefficient (Wildman–Crippen LogP) is 3.26. The summed E-state index contributed by atoms with van der Waals surface area (Å²) in [4.78, 5) is 0. The fourth-order valence-electron chi connectivity index (χ4n) is 3.03. The smallest absolute Gasteiger partial charge is 0.0594 e. The Labute approximate surface area is 100 Å². The van der Waals surface area contributed by atoms with E-state index < -0.39 is 0 Å². The summed E-state index contributed by atoms with van der Waals surface area (Å²) >= 11 is 0. The maximum absolute atomic E-state index is 5.86. The average molecular weight is 225 g/mol. The molecule has 0 bridgehead atoms. The van der Waals surface area contributed by atoms with Crippen LogP contribution in [0.5, 0.6) is 0 Å². The zero-order chi connectivity index (χ0) is 11.1. The van der Waals surface area contributed by atoms with Crippen molar-refractivity contribution < 1.29 is 4.74 Å². The first-order valence-corrected chi connectivity index (χ1v) is 7.30. The minimum absolute atomic E-state index is 0.580. The van der Waals surface area contributed by atoms with Gasteiger partial charge in [0.2, 0.25) is 0 Å². The van der Waals surface area contributed by atoms with Gasteiger partial charge >= 0.3 is 0 Å². The molecule has 0 unspecified atom stereocenters. The molecule has 0 aromatic heterocycles. The molecule has 0 spiro atoms. The van der Waals surface area contributed by atoms with Gasteiger partial charge in [-0.3, -0.25) is 0 Å². The van der Waals surface area contributed by atoms with E-state index in [1.807, 2.05) is 0 Å². The van der Waals surface area contributed by atoms with Gasteiger partial charge in [0.15, 0.2) is 0 Å². The van der Waals surface area contributed by atoms with Gasteiger partial charge in [-0.15, -0.1) is 0 Å². The van der Waals surface area contributed by atoms with Gasteiger partial charge in [0.05, 0.1) is 12.7 Å². The van der Waals surface area contributed by atoms with Crippen molar-refractivity contribution in [1.82, 2.24) is 5.32 Å². The Morgan fingerprint density at radius 2 is 1.44 bits per heavy atom. The van der Waals surface area contributed by atoms with Gasteiger partial charge in [-0.05, 0) is 25.7 Å². The Morgan fingerprint density at radius 3 is 2.12 bits per heavy atom. The third-order valence-corrected chi connectivity index (χ3v) is 4.05. The van der Waals surface area contributed by atoms with Crippen LogP contribution in [0.2, 0.25) is 0 Å². The number of ether oxygens (including phenoxy) is 1. The van der Waals surface area contributed by atoms with Crippen molar-refractivity contribution in [2.45, 2.75) is 76.4 Å². The number of hydrogen-bond donors (Lipinski definition) is 1. The fourth-order valence-corrected chi connectivity index (χ4v) is 3.03. The van der Waals surface area contributed by atoms with Gasteiger partial charge in [0.25, 0.3) is 0 Å². The molecule has 2 aliphatic rings. The topological polar surface area (TPSA) is 21.3 Å². The van der Waals surface area contributed by atoms with E-state index in [1.54, 1.807) is 0 Å². The molecular formula is C14H27NO. The largest absolute Gasteiger partial charge is 0.377 e. The van der Waals surface area contributed by atoms with Crippen LogP contribution < -0.4 is 5.32 Å². The Balaban J connectivity index is 1.49. The van der Waals surface area contributed by atoms with E-state index in [9.17, 15) is 0 Å². The first kappa shape index (κ1) is 12.4. The lowest BCUT2D eigenvalue weighted by molar-refractivity contribution is 0.0589. The van der Waals surface area contributed by atoms with Crippen LogP contribution in [0.4, 0.5) is 0 Å². The second-order valence-corrected chi connectivity index (χ2v) is 5.42. The molecule has 16 heavy (non-hydrogen) atoms. The molecule has 0 aromatic carbocycles. The lowest BCUT2D eigenvalue weighted by Crippen LogP contribution is -2.32. The fraction of sp³-hybridized carbons (Fsp3) is 1.00. The molecule has 2 heteroatoms. The molecule has 1 N–H and O–H groups in total. The molecule has 2 rings (SSSR count). The summed E-state index contributed by atoms with van der Waals surface area (Å²) in [6, 6.07) is 0.773. The maximum Gasteiger partial charge on any atom is 0.0594 e. The van der Waals surface area contributed by atoms with Crippen molar-refractivity contribution in [3.05, 3.63) is 0 Å². The molecule has 0 saturated heterocycles. The van der Waals surface area contributed by atoms with Gasteiger partial charge < -0.3 is 10.1 Å². The summed E-state index contributed by atoms with van der Waals surface area (Å²) in [7, 11) is 0. The van der Waals surface area contributed by atoms with Gasteiger partial charge in [-0.1, -0.05) is 38.5 Å². The highest BCUT2D eigenvalue weighted by molar-refractivity contribution is 4.71. The lowest BCUT2D eigenvalue weighted by atomic mass is 10.1. The number of nitrogens with one attached hydrogen (secondary N) is 1. The van der Waals surface area contributed by atoms with Gasteiger partial charge in [0.1, 0.15) is 0 Å². The van der Waals surface area contributed by atoms with Crippen molar-refractivity contribution in [2.75, 3.05) is 13.2 Å². The Kier molecular flexibility index (Phi) is 5.64. The van der Waals surface area contributed by atoms with E-state index in [0.29, 0.717) is 6.10 Å². The number of hydrogen-bond acceptors (Lipinski definition) is 2. The Hall–Kier alpha value is -0.0800. The molecule has 2 fully saturated rings. The van der Waals surface area contributed by atoms with Crippen molar-refractivity contribution in [2.24, 2.45) is 0 Å². The summed E-state index contributed by atoms with van der Waals surface area (Å²) in [6.07, 6.45) is 14.4. The SMILES string of the molecule is C1CCCC(NCCOC2CCCC2)CC1. The molecule has 2 aliphatic carbocycles. The minimum atomic E-state index is 0.580. The monoisotopic (exact) mass is 225 g/mol. The van der Waals surface area contributed by atoms with E-state index >= 15 is 0 Å². The summed E-state index contributed by atoms with van der Waals surface area (Å²) in [5.74, 6) is 0. The molecule has 0 aromatic rings. The van der Waals surface area contributed by atoms with E-state index in [2.05, 4.69) is 5.32 Å². The molecule has 94 valence electrons. The average Bonchev–Trinajstić information content (AvgIpc) is 2.68. The normalized spacial score (nSPS) is 24.8. The molecule has 0 amide bonds. The molecule has 0 heterocycles. The van der Waals surface area contributed by atoms with E-state index in [0.717, 1.165) is 19.2 Å². The van der Waals surface area contributed by atoms with Crippen LogP contribution in [-0.4, -0.2) is 25.3 Å². The minimum Gasteiger partial charge on any atom is -0.377 e. The molecule has 2 saturated carbocycles. The summed E-state index contributed by atoms with van der Waals surface area (Å²) in [5.41, 5.74) is 0. The second kappa shape index (κ2) is 7.29. The molecular weight excluding hydrogens is 198 g/mol. The zero-order valence-corrected chi connectivity index (χ0v) is 10.5. The van der Waals surface area contributed by atoms with E-state index in [4.69, 9.17) is 4.74 Å². The van der Waals surface area contributed by atoms with E-state index in [-0.39, 0.29) is 0 Å². The van der Waals surface area contributed by atoms with Crippen molar-refractivity contribution >= 4 is 0 Å². The van der Waals surface area contributed by atoms with Crippen LogP contribution in [0, 0.1) is 0 Å². The van der Waals surface area contributed by atoms with Crippen LogP contribution >= 0.6 is 0 Å². The van der Waals surface area contributed by atoms with Crippen molar-refractivity contribution in [1.29, 1.82) is 0 Å².